The van der Waals surface area contributed by atoms with Crippen LogP contribution in [0.4, 0.5) is 0 Å². The summed E-state index contributed by atoms with van der Waals surface area (Å²) >= 11 is 0. The highest BCUT2D eigenvalue weighted by molar-refractivity contribution is 5.84. The van der Waals surface area contributed by atoms with Crippen molar-refractivity contribution in [2.24, 2.45) is 0 Å². The highest BCUT2D eigenvalue weighted by atomic mass is 16.5. The van der Waals surface area contributed by atoms with Gasteiger partial charge in [-0.05, 0) is 38.5 Å². The summed E-state index contributed by atoms with van der Waals surface area (Å²) in [7, 11) is 3.15. The fourth-order valence-corrected chi connectivity index (χ4v) is 1.46. The molecule has 100 valence electrons. The lowest BCUT2D eigenvalue weighted by Gasteiger charge is -2.24. The first-order chi connectivity index (χ1) is 8.40. The monoisotopic (exact) mass is 251 g/mol. The fraction of sp³-hybridized carbons (Fsp3) is 0.500. The Bertz CT molecular complexity index is 415. The lowest BCUT2D eigenvalue weighted by atomic mass is 10.1. The zero-order valence-electron chi connectivity index (χ0n) is 11.6. The number of benzene rings is 1. The molecule has 1 aromatic carbocycles. The van der Waals surface area contributed by atoms with Gasteiger partial charge in [-0.15, -0.1) is 0 Å². The van der Waals surface area contributed by atoms with E-state index >= 15 is 0 Å². The number of hydrogen-bond acceptors (Lipinski definition) is 3. The second-order valence-electron chi connectivity index (χ2n) is 4.69. The lowest BCUT2D eigenvalue weighted by molar-refractivity contribution is -0.140. The summed E-state index contributed by atoms with van der Waals surface area (Å²) in [6, 6.07) is 7.54. The van der Waals surface area contributed by atoms with Gasteiger partial charge in [-0.3, -0.25) is 4.79 Å². The number of nitrogens with one attached hydrogen (secondary N) is 1. The molecule has 4 nitrogen and oxygen atoms in total. The SMILES string of the molecule is COc1cccc([C@H](C)NC(=O)C(C)(C)OC)c1. The summed E-state index contributed by atoms with van der Waals surface area (Å²) in [6.07, 6.45) is 0. The molecule has 0 saturated carbocycles. The van der Waals surface area contributed by atoms with Gasteiger partial charge in [0.1, 0.15) is 11.4 Å². The molecule has 1 amide bonds. The van der Waals surface area contributed by atoms with Crippen molar-refractivity contribution < 1.29 is 14.3 Å². The Morgan fingerprint density at radius 1 is 1.33 bits per heavy atom. The molecule has 1 aromatic rings. The first-order valence-corrected chi connectivity index (χ1v) is 5.90. The van der Waals surface area contributed by atoms with Crippen LogP contribution in [0, 0.1) is 0 Å². The van der Waals surface area contributed by atoms with Gasteiger partial charge in [0.25, 0.3) is 5.91 Å². The summed E-state index contributed by atoms with van der Waals surface area (Å²) in [5.74, 6) is 0.639. The third-order valence-electron chi connectivity index (χ3n) is 3.00. The van der Waals surface area contributed by atoms with E-state index in [2.05, 4.69) is 5.32 Å². The van der Waals surface area contributed by atoms with Crippen LogP contribution in [0.3, 0.4) is 0 Å². The predicted molar refractivity (Wildman–Crippen MR) is 70.6 cm³/mol. The largest absolute Gasteiger partial charge is 0.497 e. The van der Waals surface area contributed by atoms with E-state index in [4.69, 9.17) is 9.47 Å². The Morgan fingerprint density at radius 2 is 2.00 bits per heavy atom. The maximum absolute atomic E-state index is 12.0. The van der Waals surface area contributed by atoms with E-state index in [1.165, 1.54) is 7.11 Å². The van der Waals surface area contributed by atoms with E-state index in [0.717, 1.165) is 11.3 Å². The zero-order valence-corrected chi connectivity index (χ0v) is 11.6. The van der Waals surface area contributed by atoms with Crippen LogP contribution in [0.5, 0.6) is 5.75 Å². The van der Waals surface area contributed by atoms with Gasteiger partial charge in [0.05, 0.1) is 13.2 Å². The number of hydrogen-bond donors (Lipinski definition) is 1. The highest BCUT2D eigenvalue weighted by Crippen LogP contribution is 2.19. The van der Waals surface area contributed by atoms with Crippen LogP contribution in [0.15, 0.2) is 24.3 Å². The van der Waals surface area contributed by atoms with Gasteiger partial charge in [-0.2, -0.15) is 0 Å². The average molecular weight is 251 g/mol. The van der Waals surface area contributed by atoms with Crippen molar-refractivity contribution in [2.75, 3.05) is 14.2 Å². The molecule has 0 aromatic heterocycles. The molecule has 0 spiro atoms. The molecular weight excluding hydrogens is 230 g/mol. The molecule has 0 aliphatic carbocycles. The molecule has 0 saturated heterocycles. The third-order valence-corrected chi connectivity index (χ3v) is 3.00. The van der Waals surface area contributed by atoms with Crippen LogP contribution in [0.25, 0.3) is 0 Å². The smallest absolute Gasteiger partial charge is 0.252 e. The Balaban J connectivity index is 2.76. The molecule has 0 heterocycles. The van der Waals surface area contributed by atoms with Gasteiger partial charge in [0.15, 0.2) is 0 Å². The van der Waals surface area contributed by atoms with Crippen molar-refractivity contribution in [1.29, 1.82) is 0 Å². The minimum absolute atomic E-state index is 0.0953. The van der Waals surface area contributed by atoms with Crippen LogP contribution in [0.2, 0.25) is 0 Å². The van der Waals surface area contributed by atoms with Gasteiger partial charge in [-0.1, -0.05) is 12.1 Å². The molecule has 1 N–H and O–H groups in total. The van der Waals surface area contributed by atoms with Crippen molar-refractivity contribution in [3.63, 3.8) is 0 Å². The molecular formula is C14H21NO3. The standard InChI is InChI=1S/C14H21NO3/c1-10(15-13(16)14(2,3)18-5)11-7-6-8-12(9-11)17-4/h6-10H,1-5H3,(H,15,16)/t10-/m0/s1. The fourth-order valence-electron chi connectivity index (χ4n) is 1.46. The Morgan fingerprint density at radius 3 is 2.56 bits per heavy atom. The normalized spacial score (nSPS) is 12.9. The number of methoxy groups -OCH3 is 2. The molecule has 0 bridgehead atoms. The lowest BCUT2D eigenvalue weighted by Crippen LogP contribution is -2.44. The van der Waals surface area contributed by atoms with Crippen molar-refractivity contribution in [2.45, 2.75) is 32.4 Å². The number of amides is 1. The van der Waals surface area contributed by atoms with E-state index in [-0.39, 0.29) is 11.9 Å². The molecule has 0 aliphatic heterocycles. The summed E-state index contributed by atoms with van der Waals surface area (Å²) < 4.78 is 10.3. The summed E-state index contributed by atoms with van der Waals surface area (Å²) in [5.41, 5.74) is 0.169. The predicted octanol–water partition coefficient (Wildman–Crippen LogP) is 2.30. The second-order valence-corrected chi connectivity index (χ2v) is 4.69. The van der Waals surface area contributed by atoms with Crippen molar-refractivity contribution in [1.82, 2.24) is 5.32 Å². The van der Waals surface area contributed by atoms with E-state index < -0.39 is 5.60 Å². The third kappa shape index (κ3) is 3.47. The first kappa shape index (κ1) is 14.5. The molecule has 4 heteroatoms. The first-order valence-electron chi connectivity index (χ1n) is 5.90. The summed E-state index contributed by atoms with van der Waals surface area (Å²) in [4.78, 5) is 12.0. The van der Waals surface area contributed by atoms with Gasteiger partial charge in [-0.25, -0.2) is 0 Å². The number of rotatable bonds is 5. The maximum atomic E-state index is 12.0. The Labute approximate surface area is 108 Å². The zero-order chi connectivity index (χ0) is 13.8. The second kappa shape index (κ2) is 5.87. The van der Waals surface area contributed by atoms with Crippen molar-refractivity contribution in [3.05, 3.63) is 29.8 Å². The van der Waals surface area contributed by atoms with E-state index in [0.29, 0.717) is 0 Å². The topological polar surface area (TPSA) is 47.6 Å². The van der Waals surface area contributed by atoms with E-state index in [1.807, 2.05) is 31.2 Å². The van der Waals surface area contributed by atoms with E-state index in [9.17, 15) is 4.79 Å². The Hall–Kier alpha value is -1.55. The number of carbonyl (C=O) groups is 1. The van der Waals surface area contributed by atoms with Crippen LogP contribution < -0.4 is 10.1 Å². The average Bonchev–Trinajstić information content (AvgIpc) is 2.38. The maximum Gasteiger partial charge on any atom is 0.252 e. The summed E-state index contributed by atoms with van der Waals surface area (Å²) in [5, 5.41) is 2.92. The highest BCUT2D eigenvalue weighted by Gasteiger charge is 2.28. The number of ether oxygens (including phenoxy) is 2. The van der Waals surface area contributed by atoms with Crippen LogP contribution in [-0.4, -0.2) is 25.7 Å². The van der Waals surface area contributed by atoms with Crippen molar-refractivity contribution >= 4 is 5.91 Å². The molecule has 1 atom stereocenters. The molecule has 18 heavy (non-hydrogen) atoms. The minimum atomic E-state index is -0.826. The van der Waals surface area contributed by atoms with E-state index in [1.54, 1.807) is 21.0 Å². The Kier molecular flexibility index (Phi) is 4.73. The quantitative estimate of drug-likeness (QED) is 0.873. The van der Waals surface area contributed by atoms with Gasteiger partial charge < -0.3 is 14.8 Å². The van der Waals surface area contributed by atoms with Crippen LogP contribution in [-0.2, 0) is 9.53 Å². The molecule has 1 rings (SSSR count). The molecule has 0 radical (unpaired) electrons. The van der Waals surface area contributed by atoms with Crippen molar-refractivity contribution in [3.8, 4) is 5.75 Å². The molecule has 0 unspecified atom stereocenters. The van der Waals surface area contributed by atoms with Crippen LogP contribution >= 0.6 is 0 Å². The molecule has 0 aliphatic rings. The molecule has 0 fully saturated rings. The van der Waals surface area contributed by atoms with Gasteiger partial charge in [0, 0.05) is 7.11 Å². The van der Waals surface area contributed by atoms with Gasteiger partial charge >= 0.3 is 0 Å². The number of carbonyl (C=O) groups excluding carboxylic acids is 1. The summed E-state index contributed by atoms with van der Waals surface area (Å²) in [6.45, 7) is 5.40. The minimum Gasteiger partial charge on any atom is -0.497 e. The van der Waals surface area contributed by atoms with Gasteiger partial charge in [0.2, 0.25) is 0 Å². The van der Waals surface area contributed by atoms with Crippen LogP contribution in [0.1, 0.15) is 32.4 Å².